The minimum atomic E-state index is 0. The van der Waals surface area contributed by atoms with Crippen molar-refractivity contribution in [1.82, 2.24) is 9.97 Å². The molecule has 3 N–H and O–H groups in total. The first-order valence-corrected chi connectivity index (χ1v) is 6.59. The van der Waals surface area contributed by atoms with Crippen LogP contribution < -0.4 is 5.73 Å². The molecule has 2 aromatic carbocycles. The molecule has 21 heavy (non-hydrogen) atoms. The summed E-state index contributed by atoms with van der Waals surface area (Å²) >= 11 is 6.22. The molecule has 0 saturated heterocycles. The molecule has 0 radical (unpaired) electrons. The number of fused-ring (bicyclic) bond motifs is 1. The smallest absolute Gasteiger partial charge is 0.108 e. The summed E-state index contributed by atoms with van der Waals surface area (Å²) in [6, 6.07) is 13.9. The Bertz CT molecular complexity index is 725. The quantitative estimate of drug-likeness (QED) is 0.747. The summed E-state index contributed by atoms with van der Waals surface area (Å²) in [5, 5.41) is 0.750. The van der Waals surface area contributed by atoms with Gasteiger partial charge in [-0.2, -0.15) is 0 Å². The number of nitrogens with zero attached hydrogens (tertiary/aromatic N) is 1. The molecule has 1 heterocycles. The second-order valence-electron chi connectivity index (χ2n) is 4.43. The first kappa shape index (κ1) is 17.8. The van der Waals surface area contributed by atoms with E-state index >= 15 is 0 Å². The van der Waals surface area contributed by atoms with Crippen LogP contribution in [0.2, 0.25) is 5.02 Å². The molecule has 0 amide bonds. The number of halogens is 3. The highest BCUT2D eigenvalue weighted by Crippen LogP contribution is 2.29. The van der Waals surface area contributed by atoms with Crippen LogP contribution in [0.3, 0.4) is 0 Å². The van der Waals surface area contributed by atoms with E-state index in [1.807, 2.05) is 42.5 Å². The topological polar surface area (TPSA) is 54.7 Å². The molecule has 0 fully saturated rings. The summed E-state index contributed by atoms with van der Waals surface area (Å²) in [6.07, 6.45) is 0.760. The van der Waals surface area contributed by atoms with Crippen molar-refractivity contribution in [2.75, 3.05) is 6.54 Å². The number of aromatic nitrogens is 2. The van der Waals surface area contributed by atoms with Crippen molar-refractivity contribution < 1.29 is 0 Å². The Labute approximate surface area is 140 Å². The highest BCUT2D eigenvalue weighted by molar-refractivity contribution is 6.33. The third kappa shape index (κ3) is 3.69. The Morgan fingerprint density at radius 3 is 2.57 bits per heavy atom. The van der Waals surface area contributed by atoms with E-state index in [0.717, 1.165) is 39.4 Å². The van der Waals surface area contributed by atoms with E-state index in [9.17, 15) is 0 Å². The number of hydrogen-bond donors (Lipinski definition) is 2. The molecular weight excluding hydrogens is 329 g/mol. The standard InChI is InChI=1S/C15H14ClN3.2ClH/c16-12-4-2-1-3-11(12)10-5-6-13-14(9-10)19-15(18-13)7-8-17;;/h1-6,9H,7-8,17H2,(H,18,19);2*1H. The third-order valence-corrected chi connectivity index (χ3v) is 3.43. The summed E-state index contributed by atoms with van der Waals surface area (Å²) in [6.45, 7) is 0.594. The Morgan fingerprint density at radius 1 is 1.10 bits per heavy atom. The molecule has 0 atom stereocenters. The van der Waals surface area contributed by atoms with Crippen LogP contribution in [0.1, 0.15) is 5.82 Å². The van der Waals surface area contributed by atoms with Crippen LogP contribution in [-0.4, -0.2) is 16.5 Å². The van der Waals surface area contributed by atoms with Gasteiger partial charge in [0.1, 0.15) is 5.82 Å². The van der Waals surface area contributed by atoms with Gasteiger partial charge in [-0.1, -0.05) is 35.9 Å². The molecule has 0 aliphatic heterocycles. The average Bonchev–Trinajstić information content (AvgIpc) is 2.81. The Hall–Kier alpha value is -1.26. The van der Waals surface area contributed by atoms with Gasteiger partial charge in [-0.05, 0) is 30.3 Å². The maximum Gasteiger partial charge on any atom is 0.108 e. The minimum absolute atomic E-state index is 0. The Morgan fingerprint density at radius 2 is 1.86 bits per heavy atom. The summed E-state index contributed by atoms with van der Waals surface area (Å²) in [7, 11) is 0. The van der Waals surface area contributed by atoms with E-state index in [1.54, 1.807) is 0 Å². The van der Waals surface area contributed by atoms with Gasteiger partial charge >= 0.3 is 0 Å². The van der Waals surface area contributed by atoms with Crippen LogP contribution in [-0.2, 0) is 6.42 Å². The van der Waals surface area contributed by atoms with E-state index in [0.29, 0.717) is 6.54 Å². The largest absolute Gasteiger partial charge is 0.342 e. The molecule has 0 aliphatic rings. The fraction of sp³-hybridized carbons (Fsp3) is 0.133. The first-order chi connectivity index (χ1) is 9.28. The lowest BCUT2D eigenvalue weighted by Gasteiger charge is -2.03. The normalized spacial score (nSPS) is 10.0. The molecule has 3 nitrogen and oxygen atoms in total. The maximum absolute atomic E-state index is 6.22. The van der Waals surface area contributed by atoms with Gasteiger partial charge in [-0.25, -0.2) is 4.98 Å². The Kier molecular flexibility index (Phi) is 6.49. The van der Waals surface area contributed by atoms with Gasteiger partial charge in [0.25, 0.3) is 0 Å². The van der Waals surface area contributed by atoms with Gasteiger partial charge in [0.15, 0.2) is 0 Å². The van der Waals surface area contributed by atoms with E-state index in [2.05, 4.69) is 9.97 Å². The lowest BCUT2D eigenvalue weighted by Crippen LogP contribution is -2.03. The molecule has 6 heteroatoms. The van der Waals surface area contributed by atoms with Crippen molar-refractivity contribution in [3.05, 3.63) is 53.3 Å². The minimum Gasteiger partial charge on any atom is -0.342 e. The molecule has 112 valence electrons. The van der Waals surface area contributed by atoms with Gasteiger partial charge in [-0.3, -0.25) is 0 Å². The SMILES string of the molecule is Cl.Cl.NCCc1nc2cc(-c3ccccc3Cl)ccc2[nH]1. The zero-order valence-electron chi connectivity index (χ0n) is 11.2. The second-order valence-corrected chi connectivity index (χ2v) is 4.84. The zero-order chi connectivity index (χ0) is 13.2. The number of benzene rings is 2. The fourth-order valence-corrected chi connectivity index (χ4v) is 2.42. The van der Waals surface area contributed by atoms with E-state index < -0.39 is 0 Å². The number of nitrogens with one attached hydrogen (secondary N) is 1. The van der Waals surface area contributed by atoms with Crippen LogP contribution >= 0.6 is 36.4 Å². The molecular formula is C15H16Cl3N3. The lowest BCUT2D eigenvalue weighted by molar-refractivity contribution is 0.900. The van der Waals surface area contributed by atoms with E-state index in [4.69, 9.17) is 17.3 Å². The first-order valence-electron chi connectivity index (χ1n) is 6.21. The average molecular weight is 345 g/mol. The highest BCUT2D eigenvalue weighted by atomic mass is 35.5. The predicted molar refractivity (Wildman–Crippen MR) is 93.8 cm³/mol. The molecule has 1 aromatic heterocycles. The van der Waals surface area contributed by atoms with Crippen molar-refractivity contribution in [2.45, 2.75) is 6.42 Å². The lowest BCUT2D eigenvalue weighted by atomic mass is 10.1. The fourth-order valence-electron chi connectivity index (χ4n) is 2.18. The van der Waals surface area contributed by atoms with Gasteiger partial charge < -0.3 is 10.7 Å². The molecule has 3 aromatic rings. The molecule has 0 saturated carbocycles. The van der Waals surface area contributed by atoms with Crippen LogP contribution in [0, 0.1) is 0 Å². The molecule has 0 aliphatic carbocycles. The van der Waals surface area contributed by atoms with Crippen molar-refractivity contribution in [3.8, 4) is 11.1 Å². The molecule has 0 bridgehead atoms. The van der Waals surface area contributed by atoms with E-state index in [-0.39, 0.29) is 24.8 Å². The number of rotatable bonds is 3. The van der Waals surface area contributed by atoms with Crippen LogP contribution in [0.25, 0.3) is 22.2 Å². The molecule has 3 rings (SSSR count). The van der Waals surface area contributed by atoms with Gasteiger partial charge in [0.2, 0.25) is 0 Å². The van der Waals surface area contributed by atoms with Crippen molar-refractivity contribution in [2.24, 2.45) is 5.73 Å². The van der Waals surface area contributed by atoms with Gasteiger partial charge in [0, 0.05) is 17.0 Å². The number of H-pyrrole nitrogens is 1. The van der Waals surface area contributed by atoms with Gasteiger partial charge in [-0.15, -0.1) is 24.8 Å². The zero-order valence-corrected chi connectivity index (χ0v) is 13.6. The summed E-state index contributed by atoms with van der Waals surface area (Å²) in [5.74, 6) is 0.925. The second kappa shape index (κ2) is 7.66. The van der Waals surface area contributed by atoms with Crippen molar-refractivity contribution in [1.29, 1.82) is 0 Å². The molecule has 0 spiro atoms. The van der Waals surface area contributed by atoms with Crippen molar-refractivity contribution >= 4 is 47.4 Å². The summed E-state index contributed by atoms with van der Waals surface area (Å²) in [5.41, 5.74) is 9.61. The van der Waals surface area contributed by atoms with E-state index in [1.165, 1.54) is 0 Å². The van der Waals surface area contributed by atoms with Crippen LogP contribution in [0.15, 0.2) is 42.5 Å². The van der Waals surface area contributed by atoms with Crippen molar-refractivity contribution in [3.63, 3.8) is 0 Å². The predicted octanol–water partition coefficient (Wildman–Crippen LogP) is 4.23. The summed E-state index contributed by atoms with van der Waals surface area (Å²) in [4.78, 5) is 7.81. The van der Waals surface area contributed by atoms with Gasteiger partial charge in [0.05, 0.1) is 11.0 Å². The number of aromatic amines is 1. The number of imidazole rings is 1. The van der Waals surface area contributed by atoms with Crippen LogP contribution in [0.4, 0.5) is 0 Å². The number of nitrogens with two attached hydrogens (primary N) is 1. The number of hydrogen-bond acceptors (Lipinski definition) is 2. The summed E-state index contributed by atoms with van der Waals surface area (Å²) < 4.78 is 0. The highest BCUT2D eigenvalue weighted by Gasteiger charge is 2.06. The molecule has 0 unspecified atom stereocenters. The third-order valence-electron chi connectivity index (χ3n) is 3.10. The van der Waals surface area contributed by atoms with Crippen LogP contribution in [0.5, 0.6) is 0 Å². The maximum atomic E-state index is 6.22. The monoisotopic (exact) mass is 343 g/mol. The Balaban J connectivity index is 0.00000110.